The minimum Gasteiger partial charge on any atom is -0.478 e. The van der Waals surface area contributed by atoms with Crippen molar-refractivity contribution in [2.45, 2.75) is 0 Å². The smallest absolute Gasteiger partial charge is 0.338 e. The molecule has 94 valence electrons. The molecule has 0 bridgehead atoms. The number of carboxylic acids is 1. The standard InChI is InChI=1S/C13H9N3O3/c17-7-9-4-14-12-2-1-10(3-11(9)12)16-6-8(5-15-16)13(18)19/h1-7,14H,(H,18,19). The molecule has 2 heterocycles. The van der Waals surface area contributed by atoms with Gasteiger partial charge in [0.25, 0.3) is 0 Å². The SMILES string of the molecule is O=Cc1c[nH]c2ccc(-n3cc(C(=O)O)cn3)cc12. The third kappa shape index (κ3) is 1.79. The highest BCUT2D eigenvalue weighted by molar-refractivity contribution is 5.98. The Balaban J connectivity index is 2.13. The van der Waals surface area contributed by atoms with Crippen LogP contribution in [0, 0.1) is 0 Å². The largest absolute Gasteiger partial charge is 0.478 e. The number of nitrogens with zero attached hydrogens (tertiary/aromatic N) is 2. The Morgan fingerprint density at radius 1 is 1.42 bits per heavy atom. The summed E-state index contributed by atoms with van der Waals surface area (Å²) in [4.78, 5) is 24.7. The van der Waals surface area contributed by atoms with Gasteiger partial charge in [0, 0.05) is 28.9 Å². The fraction of sp³-hybridized carbons (Fsp3) is 0. The number of nitrogens with one attached hydrogen (secondary N) is 1. The maximum Gasteiger partial charge on any atom is 0.338 e. The maximum atomic E-state index is 10.9. The predicted octanol–water partition coefficient (Wildman–Crippen LogP) is 1.86. The van der Waals surface area contributed by atoms with Gasteiger partial charge >= 0.3 is 5.97 Å². The van der Waals surface area contributed by atoms with Gasteiger partial charge in [-0.15, -0.1) is 0 Å². The Kier molecular flexibility index (Phi) is 2.42. The third-order valence-electron chi connectivity index (χ3n) is 2.92. The molecular weight excluding hydrogens is 246 g/mol. The number of carboxylic acid groups (broad SMARTS) is 1. The minimum absolute atomic E-state index is 0.116. The number of aromatic amines is 1. The van der Waals surface area contributed by atoms with E-state index in [0.717, 1.165) is 17.2 Å². The number of aromatic nitrogens is 3. The van der Waals surface area contributed by atoms with Crippen molar-refractivity contribution < 1.29 is 14.7 Å². The second-order valence-corrected chi connectivity index (χ2v) is 4.07. The first-order valence-electron chi connectivity index (χ1n) is 5.53. The van der Waals surface area contributed by atoms with Crippen LogP contribution in [-0.4, -0.2) is 32.1 Å². The van der Waals surface area contributed by atoms with Crippen molar-refractivity contribution in [2.75, 3.05) is 0 Å². The van der Waals surface area contributed by atoms with Crippen LogP contribution in [0.4, 0.5) is 0 Å². The van der Waals surface area contributed by atoms with Crippen LogP contribution in [0.2, 0.25) is 0 Å². The molecule has 0 unspecified atom stereocenters. The van der Waals surface area contributed by atoms with E-state index in [-0.39, 0.29) is 5.56 Å². The van der Waals surface area contributed by atoms with Gasteiger partial charge in [-0.05, 0) is 18.2 Å². The Hall–Kier alpha value is -2.89. The number of rotatable bonds is 3. The highest BCUT2D eigenvalue weighted by Crippen LogP contribution is 2.20. The molecule has 0 amide bonds. The average molecular weight is 255 g/mol. The first kappa shape index (κ1) is 11.2. The molecule has 0 fully saturated rings. The van der Waals surface area contributed by atoms with Crippen LogP contribution in [0.15, 0.2) is 36.8 Å². The number of H-pyrrole nitrogens is 1. The van der Waals surface area contributed by atoms with E-state index in [1.807, 2.05) is 6.07 Å². The van der Waals surface area contributed by atoms with Crippen molar-refractivity contribution in [1.82, 2.24) is 14.8 Å². The van der Waals surface area contributed by atoms with Gasteiger partial charge in [0.05, 0.1) is 17.4 Å². The van der Waals surface area contributed by atoms with Crippen molar-refractivity contribution in [3.05, 3.63) is 47.9 Å². The molecule has 0 radical (unpaired) electrons. The second kappa shape index (κ2) is 4.09. The molecule has 0 aliphatic rings. The fourth-order valence-corrected chi connectivity index (χ4v) is 1.94. The molecule has 6 nitrogen and oxygen atoms in total. The molecule has 1 aromatic carbocycles. The number of hydrogen-bond acceptors (Lipinski definition) is 3. The lowest BCUT2D eigenvalue weighted by atomic mass is 10.2. The van der Waals surface area contributed by atoms with Crippen LogP contribution in [0.1, 0.15) is 20.7 Å². The molecule has 0 spiro atoms. The molecular formula is C13H9N3O3. The topological polar surface area (TPSA) is 88.0 Å². The number of aromatic carboxylic acids is 1. The number of carbonyl (C=O) groups is 2. The third-order valence-corrected chi connectivity index (χ3v) is 2.92. The van der Waals surface area contributed by atoms with E-state index in [2.05, 4.69) is 10.1 Å². The van der Waals surface area contributed by atoms with E-state index in [4.69, 9.17) is 5.11 Å². The first-order chi connectivity index (χ1) is 9.19. The lowest BCUT2D eigenvalue weighted by Gasteiger charge is -2.01. The zero-order chi connectivity index (χ0) is 13.4. The lowest BCUT2D eigenvalue weighted by molar-refractivity contribution is 0.0696. The Labute approximate surface area is 107 Å². The van der Waals surface area contributed by atoms with Crippen molar-refractivity contribution in [3.8, 4) is 5.69 Å². The molecule has 0 aliphatic heterocycles. The van der Waals surface area contributed by atoms with Gasteiger partial charge in [-0.25, -0.2) is 9.48 Å². The van der Waals surface area contributed by atoms with Crippen LogP contribution < -0.4 is 0 Å². The summed E-state index contributed by atoms with van der Waals surface area (Å²) in [6.45, 7) is 0. The summed E-state index contributed by atoms with van der Waals surface area (Å²) in [6.07, 6.45) is 5.11. The summed E-state index contributed by atoms with van der Waals surface area (Å²) in [5.41, 5.74) is 2.21. The molecule has 3 rings (SSSR count). The van der Waals surface area contributed by atoms with Crippen LogP contribution in [0.5, 0.6) is 0 Å². The summed E-state index contributed by atoms with van der Waals surface area (Å²) in [5, 5.41) is 13.6. The molecule has 0 saturated heterocycles. The van der Waals surface area contributed by atoms with Gasteiger partial charge in [-0.3, -0.25) is 4.79 Å². The lowest BCUT2D eigenvalue weighted by Crippen LogP contribution is -1.95. The van der Waals surface area contributed by atoms with E-state index < -0.39 is 5.97 Å². The van der Waals surface area contributed by atoms with E-state index in [9.17, 15) is 9.59 Å². The monoisotopic (exact) mass is 255 g/mol. The normalized spacial score (nSPS) is 10.7. The van der Waals surface area contributed by atoms with Crippen LogP contribution in [-0.2, 0) is 0 Å². The number of benzene rings is 1. The van der Waals surface area contributed by atoms with E-state index >= 15 is 0 Å². The molecule has 0 saturated carbocycles. The predicted molar refractivity (Wildman–Crippen MR) is 67.8 cm³/mol. The maximum absolute atomic E-state index is 10.9. The van der Waals surface area contributed by atoms with Gasteiger partial charge in [-0.2, -0.15) is 5.10 Å². The number of aldehydes is 1. The molecule has 3 aromatic rings. The summed E-state index contributed by atoms with van der Waals surface area (Å²) in [7, 11) is 0. The van der Waals surface area contributed by atoms with Gasteiger partial charge < -0.3 is 10.1 Å². The zero-order valence-electron chi connectivity index (χ0n) is 9.70. The van der Waals surface area contributed by atoms with Gasteiger partial charge in [0.15, 0.2) is 6.29 Å². The first-order valence-corrected chi connectivity index (χ1v) is 5.53. The van der Waals surface area contributed by atoms with E-state index in [1.54, 1.807) is 18.3 Å². The average Bonchev–Trinajstić information content (AvgIpc) is 3.04. The molecule has 6 heteroatoms. The molecule has 19 heavy (non-hydrogen) atoms. The second-order valence-electron chi connectivity index (χ2n) is 4.07. The van der Waals surface area contributed by atoms with Gasteiger partial charge in [0.1, 0.15) is 0 Å². The van der Waals surface area contributed by atoms with Gasteiger partial charge in [-0.1, -0.05) is 0 Å². The molecule has 0 atom stereocenters. The zero-order valence-corrected chi connectivity index (χ0v) is 9.70. The van der Waals surface area contributed by atoms with Crippen LogP contribution in [0.3, 0.4) is 0 Å². The van der Waals surface area contributed by atoms with Crippen molar-refractivity contribution in [1.29, 1.82) is 0 Å². The van der Waals surface area contributed by atoms with Crippen LogP contribution in [0.25, 0.3) is 16.6 Å². The van der Waals surface area contributed by atoms with E-state index in [1.165, 1.54) is 17.1 Å². The number of carbonyl (C=O) groups excluding carboxylic acids is 1. The summed E-state index contributed by atoms with van der Waals surface area (Å²) >= 11 is 0. The highest BCUT2D eigenvalue weighted by atomic mass is 16.4. The molecule has 0 aliphatic carbocycles. The number of fused-ring (bicyclic) bond motifs is 1. The van der Waals surface area contributed by atoms with Gasteiger partial charge in [0.2, 0.25) is 0 Å². The summed E-state index contributed by atoms with van der Waals surface area (Å²) < 4.78 is 1.46. The Morgan fingerprint density at radius 2 is 2.26 bits per heavy atom. The summed E-state index contributed by atoms with van der Waals surface area (Å²) in [6, 6.07) is 5.40. The molecule has 2 N–H and O–H groups in total. The Morgan fingerprint density at radius 3 is 2.95 bits per heavy atom. The van der Waals surface area contributed by atoms with Crippen molar-refractivity contribution in [3.63, 3.8) is 0 Å². The quantitative estimate of drug-likeness (QED) is 0.699. The van der Waals surface area contributed by atoms with Crippen molar-refractivity contribution >= 4 is 23.2 Å². The highest BCUT2D eigenvalue weighted by Gasteiger charge is 2.09. The number of hydrogen-bond donors (Lipinski definition) is 2. The fourth-order valence-electron chi connectivity index (χ4n) is 1.94. The minimum atomic E-state index is -1.03. The van der Waals surface area contributed by atoms with Crippen LogP contribution >= 0.6 is 0 Å². The van der Waals surface area contributed by atoms with Crippen molar-refractivity contribution in [2.24, 2.45) is 0 Å². The Bertz CT molecular complexity index is 785. The molecule has 2 aromatic heterocycles. The summed E-state index contributed by atoms with van der Waals surface area (Å²) in [5.74, 6) is -1.03. The van der Waals surface area contributed by atoms with E-state index in [0.29, 0.717) is 11.3 Å².